The molecule has 5 heteroatoms. The second kappa shape index (κ2) is 6.44. The van der Waals surface area contributed by atoms with Crippen molar-refractivity contribution in [2.45, 2.75) is 6.92 Å². The summed E-state index contributed by atoms with van der Waals surface area (Å²) < 4.78 is 9.39. The zero-order valence-corrected chi connectivity index (χ0v) is 10.3. The largest absolute Gasteiger partial charge is 0.465 e. The Morgan fingerprint density at radius 2 is 2.11 bits per heavy atom. The number of nitrogen functional groups attached to an aromatic ring is 1. The van der Waals surface area contributed by atoms with Crippen LogP contribution in [0.5, 0.6) is 0 Å². The van der Waals surface area contributed by atoms with Gasteiger partial charge in [0.1, 0.15) is 0 Å². The average Bonchev–Trinajstić information content (AvgIpc) is 2.36. The molecule has 18 heavy (non-hydrogen) atoms. The first kappa shape index (κ1) is 13.8. The fourth-order valence-corrected chi connectivity index (χ4v) is 1.35. The van der Waals surface area contributed by atoms with E-state index < -0.39 is 11.9 Å². The fraction of sp³-hybridized carbons (Fsp3) is 0.231. The summed E-state index contributed by atoms with van der Waals surface area (Å²) in [6.45, 7) is 2.02. The topological polar surface area (TPSA) is 78.6 Å². The maximum atomic E-state index is 11.5. The lowest BCUT2D eigenvalue weighted by atomic mass is 10.1. The lowest BCUT2D eigenvalue weighted by Gasteiger charge is -2.05. The van der Waals surface area contributed by atoms with E-state index >= 15 is 0 Å². The Bertz CT molecular complexity index is 480. The molecule has 5 nitrogen and oxygen atoms in total. The van der Waals surface area contributed by atoms with Crippen LogP contribution in [0.1, 0.15) is 22.8 Å². The standard InChI is InChI=1S/C13H15NO4/c1-3-18-12(15)7-5-9-4-6-10(14)8-11(9)13(16)17-2/h4-8H,3,14H2,1-2H3. The van der Waals surface area contributed by atoms with E-state index in [1.165, 1.54) is 25.3 Å². The molecular formula is C13H15NO4. The summed E-state index contributed by atoms with van der Waals surface area (Å²) in [7, 11) is 1.28. The van der Waals surface area contributed by atoms with Crippen LogP contribution >= 0.6 is 0 Å². The predicted octanol–water partition coefficient (Wildman–Crippen LogP) is 1.63. The molecule has 1 rings (SSSR count). The molecule has 0 aliphatic carbocycles. The van der Waals surface area contributed by atoms with Gasteiger partial charge in [0, 0.05) is 11.8 Å². The van der Waals surface area contributed by atoms with Gasteiger partial charge in [-0.05, 0) is 30.7 Å². The summed E-state index contributed by atoms with van der Waals surface area (Å²) in [6.07, 6.45) is 2.74. The number of rotatable bonds is 4. The van der Waals surface area contributed by atoms with Gasteiger partial charge in [-0.3, -0.25) is 0 Å². The van der Waals surface area contributed by atoms with Crippen molar-refractivity contribution in [3.63, 3.8) is 0 Å². The summed E-state index contributed by atoms with van der Waals surface area (Å²) in [5.74, 6) is -0.976. The van der Waals surface area contributed by atoms with Crippen molar-refractivity contribution >= 4 is 23.7 Å². The molecule has 0 heterocycles. The molecule has 96 valence electrons. The lowest BCUT2D eigenvalue weighted by Crippen LogP contribution is -2.05. The highest BCUT2D eigenvalue weighted by Crippen LogP contribution is 2.16. The summed E-state index contributed by atoms with van der Waals surface area (Å²) in [5, 5.41) is 0. The molecule has 0 aliphatic heterocycles. The van der Waals surface area contributed by atoms with Gasteiger partial charge in [-0.1, -0.05) is 6.07 Å². The van der Waals surface area contributed by atoms with E-state index in [0.717, 1.165) is 0 Å². The summed E-state index contributed by atoms with van der Waals surface area (Å²) in [5.41, 5.74) is 6.90. The molecule has 2 N–H and O–H groups in total. The number of benzene rings is 1. The number of nitrogens with two attached hydrogens (primary N) is 1. The van der Waals surface area contributed by atoms with Crippen LogP contribution in [0.2, 0.25) is 0 Å². The average molecular weight is 249 g/mol. The van der Waals surface area contributed by atoms with E-state index in [1.54, 1.807) is 19.1 Å². The Hall–Kier alpha value is -2.30. The van der Waals surface area contributed by atoms with Crippen molar-refractivity contribution in [2.75, 3.05) is 19.5 Å². The van der Waals surface area contributed by atoms with Crippen molar-refractivity contribution in [3.8, 4) is 0 Å². The molecule has 0 aliphatic rings. The number of ether oxygens (including phenoxy) is 2. The van der Waals surface area contributed by atoms with E-state index in [9.17, 15) is 9.59 Å². The van der Waals surface area contributed by atoms with Crippen LogP contribution in [-0.4, -0.2) is 25.7 Å². The van der Waals surface area contributed by atoms with E-state index in [1.807, 2.05) is 0 Å². The van der Waals surface area contributed by atoms with Crippen LogP contribution in [-0.2, 0) is 14.3 Å². The number of hydrogen-bond donors (Lipinski definition) is 1. The maximum absolute atomic E-state index is 11.5. The third-order valence-electron chi connectivity index (χ3n) is 2.17. The van der Waals surface area contributed by atoms with Gasteiger partial charge >= 0.3 is 11.9 Å². The normalized spacial score (nSPS) is 10.3. The summed E-state index contributed by atoms with van der Waals surface area (Å²) >= 11 is 0. The minimum Gasteiger partial charge on any atom is -0.465 e. The van der Waals surface area contributed by atoms with Gasteiger partial charge in [0.25, 0.3) is 0 Å². The van der Waals surface area contributed by atoms with Gasteiger partial charge in [0.05, 0.1) is 19.3 Å². The van der Waals surface area contributed by atoms with Crippen molar-refractivity contribution in [3.05, 3.63) is 35.4 Å². The molecule has 0 fully saturated rings. The molecule has 0 atom stereocenters. The third-order valence-corrected chi connectivity index (χ3v) is 2.17. The highest BCUT2D eigenvalue weighted by atomic mass is 16.5. The first-order valence-electron chi connectivity index (χ1n) is 5.41. The minimum atomic E-state index is -0.509. The monoisotopic (exact) mass is 249 g/mol. The smallest absolute Gasteiger partial charge is 0.338 e. The van der Waals surface area contributed by atoms with E-state index in [0.29, 0.717) is 23.4 Å². The van der Waals surface area contributed by atoms with Crippen molar-refractivity contribution in [1.82, 2.24) is 0 Å². The van der Waals surface area contributed by atoms with Gasteiger partial charge in [0.2, 0.25) is 0 Å². The molecule has 0 aromatic heterocycles. The Morgan fingerprint density at radius 3 is 2.72 bits per heavy atom. The van der Waals surface area contributed by atoms with Gasteiger partial charge in [-0.2, -0.15) is 0 Å². The SMILES string of the molecule is CCOC(=O)C=Cc1ccc(N)cc1C(=O)OC. The lowest BCUT2D eigenvalue weighted by molar-refractivity contribution is -0.137. The zero-order chi connectivity index (χ0) is 13.5. The highest BCUT2D eigenvalue weighted by molar-refractivity contribution is 5.96. The maximum Gasteiger partial charge on any atom is 0.338 e. The molecule has 1 aromatic rings. The van der Waals surface area contributed by atoms with Gasteiger partial charge in [0.15, 0.2) is 0 Å². The second-order valence-corrected chi connectivity index (χ2v) is 3.42. The number of carbonyl (C=O) groups excluding carboxylic acids is 2. The number of methoxy groups -OCH3 is 1. The number of esters is 2. The Kier molecular flexibility index (Phi) is 4.92. The Labute approximate surface area is 105 Å². The van der Waals surface area contributed by atoms with Gasteiger partial charge < -0.3 is 15.2 Å². The van der Waals surface area contributed by atoms with Crippen molar-refractivity contribution in [1.29, 1.82) is 0 Å². The van der Waals surface area contributed by atoms with Crippen LogP contribution in [0.4, 0.5) is 5.69 Å². The Morgan fingerprint density at radius 1 is 1.39 bits per heavy atom. The minimum absolute atomic E-state index is 0.300. The molecule has 0 saturated carbocycles. The van der Waals surface area contributed by atoms with Crippen LogP contribution in [0.25, 0.3) is 6.08 Å². The molecule has 0 unspecified atom stereocenters. The summed E-state index contributed by atoms with van der Waals surface area (Å²) in [4.78, 5) is 22.7. The van der Waals surface area contributed by atoms with Crippen LogP contribution in [0, 0.1) is 0 Å². The highest BCUT2D eigenvalue weighted by Gasteiger charge is 2.10. The molecular weight excluding hydrogens is 234 g/mol. The predicted molar refractivity (Wildman–Crippen MR) is 67.9 cm³/mol. The summed E-state index contributed by atoms with van der Waals surface area (Å²) in [6, 6.07) is 4.77. The van der Waals surface area contributed by atoms with Gasteiger partial charge in [-0.15, -0.1) is 0 Å². The van der Waals surface area contributed by atoms with Crippen LogP contribution < -0.4 is 5.73 Å². The van der Waals surface area contributed by atoms with Crippen molar-refractivity contribution < 1.29 is 19.1 Å². The van der Waals surface area contributed by atoms with E-state index in [4.69, 9.17) is 10.5 Å². The molecule has 0 saturated heterocycles. The molecule has 1 aromatic carbocycles. The number of carbonyl (C=O) groups is 2. The van der Waals surface area contributed by atoms with E-state index in [-0.39, 0.29) is 0 Å². The number of anilines is 1. The van der Waals surface area contributed by atoms with Crippen LogP contribution in [0.3, 0.4) is 0 Å². The molecule has 0 radical (unpaired) electrons. The molecule has 0 spiro atoms. The molecule has 0 amide bonds. The first-order valence-corrected chi connectivity index (χ1v) is 5.41. The van der Waals surface area contributed by atoms with E-state index in [2.05, 4.69) is 4.74 Å². The van der Waals surface area contributed by atoms with Crippen LogP contribution in [0.15, 0.2) is 24.3 Å². The fourth-order valence-electron chi connectivity index (χ4n) is 1.35. The Balaban J connectivity index is 3.01. The first-order chi connectivity index (χ1) is 8.58. The zero-order valence-electron chi connectivity index (χ0n) is 10.3. The number of hydrogen-bond acceptors (Lipinski definition) is 5. The van der Waals surface area contributed by atoms with Gasteiger partial charge in [-0.25, -0.2) is 9.59 Å². The molecule has 0 bridgehead atoms. The quantitative estimate of drug-likeness (QED) is 0.498. The van der Waals surface area contributed by atoms with Crippen molar-refractivity contribution in [2.24, 2.45) is 0 Å². The third kappa shape index (κ3) is 3.62. The second-order valence-electron chi connectivity index (χ2n) is 3.42.